The highest BCUT2D eigenvalue weighted by molar-refractivity contribution is 5.54. The number of ether oxygens (including phenoxy) is 3. The molecule has 0 fully saturated rings. The minimum Gasteiger partial charge on any atom is -0.496 e. The Kier molecular flexibility index (Phi) is 4.23. The average Bonchev–Trinajstić information content (AvgIpc) is 2.26. The van der Waals surface area contributed by atoms with E-state index in [0.29, 0.717) is 17.9 Å². The predicted molar refractivity (Wildman–Crippen MR) is 68.1 cm³/mol. The molecule has 0 spiro atoms. The normalized spacial score (nSPS) is 11.2. The van der Waals surface area contributed by atoms with Gasteiger partial charge in [0.15, 0.2) is 11.5 Å². The Morgan fingerprint density at radius 1 is 1.00 bits per heavy atom. The first-order chi connectivity index (χ1) is 7.92. The molecule has 0 aliphatic carbocycles. The van der Waals surface area contributed by atoms with Gasteiger partial charge in [-0.05, 0) is 32.4 Å². The summed E-state index contributed by atoms with van der Waals surface area (Å²) < 4.78 is 16.0. The summed E-state index contributed by atoms with van der Waals surface area (Å²) in [5.74, 6) is 2.14. The smallest absolute Gasteiger partial charge is 0.167 e. The van der Waals surface area contributed by atoms with Crippen molar-refractivity contribution >= 4 is 0 Å². The van der Waals surface area contributed by atoms with E-state index < -0.39 is 0 Å². The lowest BCUT2D eigenvalue weighted by molar-refractivity contribution is 0.339. The number of methoxy groups -OCH3 is 3. The van der Waals surface area contributed by atoms with Gasteiger partial charge in [0.05, 0.1) is 21.3 Å². The molecule has 4 heteroatoms. The molecule has 0 unspecified atom stereocenters. The minimum absolute atomic E-state index is 0.340. The van der Waals surface area contributed by atoms with Crippen molar-refractivity contribution < 1.29 is 14.2 Å². The monoisotopic (exact) mass is 239 g/mol. The lowest BCUT2D eigenvalue weighted by Crippen LogP contribution is -2.34. The summed E-state index contributed by atoms with van der Waals surface area (Å²) in [7, 11) is 4.86. The molecule has 1 rings (SSSR count). The Morgan fingerprint density at radius 2 is 1.53 bits per heavy atom. The summed E-state index contributed by atoms with van der Waals surface area (Å²) >= 11 is 0. The maximum absolute atomic E-state index is 6.05. The van der Waals surface area contributed by atoms with Crippen molar-refractivity contribution in [1.82, 2.24) is 0 Å². The van der Waals surface area contributed by atoms with Gasteiger partial charge in [0.1, 0.15) is 5.75 Å². The number of benzene rings is 1. The zero-order valence-corrected chi connectivity index (χ0v) is 11.2. The van der Waals surface area contributed by atoms with Gasteiger partial charge < -0.3 is 19.9 Å². The Labute approximate surface area is 103 Å². The molecule has 0 amide bonds. The molecule has 1 aromatic carbocycles. The van der Waals surface area contributed by atoms with Crippen molar-refractivity contribution in [3.05, 3.63) is 17.7 Å². The van der Waals surface area contributed by atoms with E-state index >= 15 is 0 Å². The first-order valence-corrected chi connectivity index (χ1v) is 5.49. The van der Waals surface area contributed by atoms with Gasteiger partial charge in [-0.2, -0.15) is 0 Å². The van der Waals surface area contributed by atoms with E-state index in [2.05, 4.69) is 0 Å². The third-order valence-corrected chi connectivity index (χ3v) is 2.46. The summed E-state index contributed by atoms with van der Waals surface area (Å²) in [5, 5.41) is 0. The second kappa shape index (κ2) is 5.27. The van der Waals surface area contributed by atoms with E-state index in [-0.39, 0.29) is 5.54 Å². The Bertz CT molecular complexity index is 383. The van der Waals surface area contributed by atoms with Gasteiger partial charge in [-0.1, -0.05) is 0 Å². The van der Waals surface area contributed by atoms with Gasteiger partial charge >= 0.3 is 0 Å². The Balaban J connectivity index is 3.30. The summed E-state index contributed by atoms with van der Waals surface area (Å²) in [6, 6.07) is 3.69. The first-order valence-electron chi connectivity index (χ1n) is 5.49. The van der Waals surface area contributed by atoms with Crippen molar-refractivity contribution in [1.29, 1.82) is 0 Å². The van der Waals surface area contributed by atoms with Crippen LogP contribution in [0.4, 0.5) is 0 Å². The molecule has 4 nitrogen and oxygen atoms in total. The fourth-order valence-corrected chi connectivity index (χ4v) is 1.79. The molecule has 0 saturated heterocycles. The standard InChI is InChI=1S/C13H21NO3/c1-13(2,14)8-9-10(15-3)6-7-11(16-4)12(9)17-5/h6-7H,8,14H2,1-5H3. The molecule has 2 N–H and O–H groups in total. The van der Waals surface area contributed by atoms with Crippen molar-refractivity contribution in [2.24, 2.45) is 5.73 Å². The Morgan fingerprint density at radius 3 is 1.94 bits per heavy atom. The van der Waals surface area contributed by atoms with Gasteiger partial charge in [0.2, 0.25) is 0 Å². The third kappa shape index (κ3) is 3.27. The van der Waals surface area contributed by atoms with E-state index in [9.17, 15) is 0 Å². The SMILES string of the molecule is COc1ccc(OC)c(OC)c1CC(C)(C)N. The quantitative estimate of drug-likeness (QED) is 0.853. The number of hydrogen-bond acceptors (Lipinski definition) is 4. The predicted octanol–water partition coefficient (Wildman–Crippen LogP) is 1.99. The molecule has 0 aromatic heterocycles. The van der Waals surface area contributed by atoms with Crippen molar-refractivity contribution in [2.75, 3.05) is 21.3 Å². The summed E-state index contributed by atoms with van der Waals surface area (Å²) in [6.07, 6.45) is 0.649. The maximum Gasteiger partial charge on any atom is 0.167 e. The highest BCUT2D eigenvalue weighted by atomic mass is 16.5. The van der Waals surface area contributed by atoms with Gasteiger partial charge in [-0.3, -0.25) is 0 Å². The summed E-state index contributed by atoms with van der Waals surface area (Å²) in [4.78, 5) is 0. The molecule has 96 valence electrons. The molecule has 0 atom stereocenters. The molecule has 0 aliphatic rings. The van der Waals surface area contributed by atoms with Crippen LogP contribution in [0.3, 0.4) is 0 Å². The van der Waals surface area contributed by atoms with E-state index in [4.69, 9.17) is 19.9 Å². The van der Waals surface area contributed by atoms with Crippen LogP contribution in [0.1, 0.15) is 19.4 Å². The van der Waals surface area contributed by atoms with Crippen LogP contribution in [0, 0.1) is 0 Å². The van der Waals surface area contributed by atoms with Crippen molar-refractivity contribution in [3.63, 3.8) is 0 Å². The number of rotatable bonds is 5. The molecule has 17 heavy (non-hydrogen) atoms. The van der Waals surface area contributed by atoms with Crippen LogP contribution >= 0.6 is 0 Å². The van der Waals surface area contributed by atoms with E-state index in [1.165, 1.54) is 0 Å². The second-order valence-corrected chi connectivity index (χ2v) is 4.65. The first kappa shape index (κ1) is 13.6. The molecule has 0 radical (unpaired) electrons. The van der Waals surface area contributed by atoms with Gasteiger partial charge in [0.25, 0.3) is 0 Å². The van der Waals surface area contributed by atoms with Crippen LogP contribution in [0.25, 0.3) is 0 Å². The highest BCUT2D eigenvalue weighted by Gasteiger charge is 2.21. The largest absolute Gasteiger partial charge is 0.496 e. The van der Waals surface area contributed by atoms with Crippen LogP contribution in [0.2, 0.25) is 0 Å². The van der Waals surface area contributed by atoms with Crippen molar-refractivity contribution in [2.45, 2.75) is 25.8 Å². The summed E-state index contributed by atoms with van der Waals surface area (Å²) in [5.41, 5.74) is 6.65. The summed E-state index contributed by atoms with van der Waals surface area (Å²) in [6.45, 7) is 3.93. The highest BCUT2D eigenvalue weighted by Crippen LogP contribution is 2.38. The second-order valence-electron chi connectivity index (χ2n) is 4.65. The molecular formula is C13H21NO3. The van der Waals surface area contributed by atoms with Crippen molar-refractivity contribution in [3.8, 4) is 17.2 Å². The maximum atomic E-state index is 6.05. The number of hydrogen-bond donors (Lipinski definition) is 1. The molecular weight excluding hydrogens is 218 g/mol. The lowest BCUT2D eigenvalue weighted by Gasteiger charge is -2.23. The Hall–Kier alpha value is -1.42. The van der Waals surface area contributed by atoms with Gasteiger partial charge in [0, 0.05) is 11.1 Å². The molecule has 0 saturated carbocycles. The van der Waals surface area contributed by atoms with E-state index in [1.807, 2.05) is 26.0 Å². The van der Waals surface area contributed by atoms with Crippen LogP contribution in [0.15, 0.2) is 12.1 Å². The van der Waals surface area contributed by atoms with Crippen LogP contribution < -0.4 is 19.9 Å². The zero-order chi connectivity index (χ0) is 13.1. The minimum atomic E-state index is -0.340. The van der Waals surface area contributed by atoms with E-state index in [0.717, 1.165) is 11.3 Å². The molecule has 1 aromatic rings. The van der Waals surface area contributed by atoms with E-state index in [1.54, 1.807) is 21.3 Å². The fraction of sp³-hybridized carbons (Fsp3) is 0.538. The average molecular weight is 239 g/mol. The zero-order valence-electron chi connectivity index (χ0n) is 11.2. The van der Waals surface area contributed by atoms with Crippen LogP contribution in [0.5, 0.6) is 17.2 Å². The third-order valence-electron chi connectivity index (χ3n) is 2.46. The van der Waals surface area contributed by atoms with Gasteiger partial charge in [-0.25, -0.2) is 0 Å². The molecule has 0 heterocycles. The topological polar surface area (TPSA) is 53.7 Å². The van der Waals surface area contributed by atoms with Crippen LogP contribution in [-0.2, 0) is 6.42 Å². The fourth-order valence-electron chi connectivity index (χ4n) is 1.79. The molecule has 0 bridgehead atoms. The number of nitrogens with two attached hydrogens (primary N) is 1. The van der Waals surface area contributed by atoms with Crippen LogP contribution in [-0.4, -0.2) is 26.9 Å². The lowest BCUT2D eigenvalue weighted by atomic mass is 9.94. The molecule has 0 aliphatic heterocycles. The van der Waals surface area contributed by atoms with Gasteiger partial charge in [-0.15, -0.1) is 0 Å².